The van der Waals surface area contributed by atoms with Crippen LogP contribution in [0.25, 0.3) is 12.2 Å². The molecule has 22 heavy (non-hydrogen) atoms. The van der Waals surface area contributed by atoms with Crippen LogP contribution < -0.4 is 4.90 Å². The number of rotatable bonds is 6. The smallest absolute Gasteiger partial charge is 0.117 e. The fraction of sp³-hybridized carbons (Fsp3) is 0.222. The number of aliphatic hydroxyl groups is 1. The van der Waals surface area contributed by atoms with E-state index >= 15 is 0 Å². The summed E-state index contributed by atoms with van der Waals surface area (Å²) in [6, 6.07) is 14.8. The zero-order valence-corrected chi connectivity index (χ0v) is 12.5. The summed E-state index contributed by atoms with van der Waals surface area (Å²) in [6.45, 7) is -0.475. The Bertz CT molecular complexity index is 608. The second-order valence-corrected chi connectivity index (χ2v) is 5.21. The van der Waals surface area contributed by atoms with Gasteiger partial charge in [-0.25, -0.2) is 4.39 Å². The third kappa shape index (κ3) is 4.60. The van der Waals surface area contributed by atoms with Crippen molar-refractivity contribution in [2.75, 3.05) is 25.2 Å². The van der Waals surface area contributed by atoms with Crippen LogP contribution in [0.4, 0.5) is 10.1 Å². The summed E-state index contributed by atoms with van der Waals surface area (Å²) in [4.78, 5) is 1.82. The van der Waals surface area contributed by atoms with Crippen molar-refractivity contribution < 1.29 is 14.6 Å². The molecule has 0 spiro atoms. The highest BCUT2D eigenvalue weighted by Gasteiger charge is 2.07. The zero-order valence-electron chi connectivity index (χ0n) is 12.5. The number of halogens is 1. The van der Waals surface area contributed by atoms with E-state index in [1.807, 2.05) is 60.5 Å². The van der Waals surface area contributed by atoms with Gasteiger partial charge in [-0.3, -0.25) is 0 Å². The number of alkyl halides is 1. The van der Waals surface area contributed by atoms with Gasteiger partial charge in [0.25, 0.3) is 0 Å². The second-order valence-electron chi connectivity index (χ2n) is 5.21. The molecule has 0 fully saturated rings. The first kappa shape index (κ1) is 16.0. The lowest BCUT2D eigenvalue weighted by Gasteiger charge is -2.21. The molecule has 0 aliphatic carbocycles. The molecule has 0 bridgehead atoms. The molecule has 1 unspecified atom stereocenters. The Morgan fingerprint density at radius 1 is 1.00 bits per heavy atom. The Morgan fingerprint density at radius 2 is 1.50 bits per heavy atom. The van der Waals surface area contributed by atoms with Gasteiger partial charge >= 0.3 is 0 Å². The van der Waals surface area contributed by atoms with Gasteiger partial charge in [0, 0.05) is 19.3 Å². The first-order valence-electron chi connectivity index (χ1n) is 7.11. The Kier molecular flexibility index (Phi) is 5.55. The van der Waals surface area contributed by atoms with E-state index < -0.39 is 12.8 Å². The van der Waals surface area contributed by atoms with Crippen molar-refractivity contribution in [1.29, 1.82) is 0 Å². The average Bonchev–Trinajstić information content (AvgIpc) is 2.54. The van der Waals surface area contributed by atoms with Crippen LogP contribution in [0.5, 0.6) is 5.75 Å². The minimum atomic E-state index is -0.959. The van der Waals surface area contributed by atoms with Gasteiger partial charge in [0.1, 0.15) is 12.4 Å². The average molecular weight is 301 g/mol. The number of nitrogens with zero attached hydrogens (tertiary/aromatic N) is 1. The Morgan fingerprint density at radius 3 is 2.00 bits per heavy atom. The fourth-order valence-corrected chi connectivity index (χ4v) is 2.09. The molecular formula is C18H20FNO2. The molecule has 4 heteroatoms. The normalized spacial score (nSPS) is 12.5. The number of hydrogen-bond donors (Lipinski definition) is 2. The number of hydrogen-bond acceptors (Lipinski definition) is 3. The van der Waals surface area contributed by atoms with Gasteiger partial charge < -0.3 is 15.1 Å². The van der Waals surface area contributed by atoms with Crippen LogP contribution in [0.15, 0.2) is 48.5 Å². The molecule has 0 aromatic heterocycles. The minimum absolute atomic E-state index is 0.250. The maximum atomic E-state index is 12.3. The third-order valence-corrected chi connectivity index (χ3v) is 3.36. The lowest BCUT2D eigenvalue weighted by atomic mass is 10.1. The zero-order chi connectivity index (χ0) is 15.9. The topological polar surface area (TPSA) is 43.7 Å². The first-order chi connectivity index (χ1) is 10.6. The number of anilines is 1. The van der Waals surface area contributed by atoms with Crippen molar-refractivity contribution in [2.24, 2.45) is 0 Å². The highest BCUT2D eigenvalue weighted by molar-refractivity contribution is 5.70. The minimum Gasteiger partial charge on any atom is -0.508 e. The maximum absolute atomic E-state index is 12.3. The van der Waals surface area contributed by atoms with E-state index in [2.05, 4.69) is 0 Å². The van der Waals surface area contributed by atoms with Crippen LogP contribution in [0, 0.1) is 0 Å². The van der Waals surface area contributed by atoms with Gasteiger partial charge in [0.15, 0.2) is 0 Å². The molecule has 3 nitrogen and oxygen atoms in total. The van der Waals surface area contributed by atoms with E-state index in [0.717, 1.165) is 16.8 Å². The van der Waals surface area contributed by atoms with Gasteiger partial charge in [-0.2, -0.15) is 0 Å². The van der Waals surface area contributed by atoms with E-state index in [0.29, 0.717) is 0 Å². The number of likely N-dealkylation sites (N-methyl/N-ethyl adjacent to an activating group) is 1. The van der Waals surface area contributed by atoms with Gasteiger partial charge in [-0.05, 0) is 35.4 Å². The van der Waals surface area contributed by atoms with E-state index in [9.17, 15) is 14.6 Å². The summed E-state index contributed by atoms with van der Waals surface area (Å²) in [5, 5.41) is 18.6. The number of phenols is 1. The Hall–Kier alpha value is -2.33. The van der Waals surface area contributed by atoms with Crippen molar-refractivity contribution in [2.45, 2.75) is 6.10 Å². The summed E-state index contributed by atoms with van der Waals surface area (Å²) in [5.41, 5.74) is 2.97. The molecule has 1 atom stereocenters. The Labute approximate surface area is 130 Å². The van der Waals surface area contributed by atoms with Gasteiger partial charge in [-0.15, -0.1) is 0 Å². The van der Waals surface area contributed by atoms with Gasteiger partial charge in [0.05, 0.1) is 6.10 Å². The third-order valence-electron chi connectivity index (χ3n) is 3.36. The van der Waals surface area contributed by atoms with Crippen LogP contribution in [0.2, 0.25) is 0 Å². The lowest BCUT2D eigenvalue weighted by molar-refractivity contribution is 0.146. The number of benzene rings is 2. The van der Waals surface area contributed by atoms with Crippen LogP contribution in [0.1, 0.15) is 11.1 Å². The fourth-order valence-electron chi connectivity index (χ4n) is 2.09. The molecule has 2 aromatic carbocycles. The van der Waals surface area contributed by atoms with E-state index in [-0.39, 0.29) is 12.3 Å². The molecule has 2 aromatic rings. The van der Waals surface area contributed by atoms with Crippen molar-refractivity contribution >= 4 is 17.8 Å². The summed E-state index contributed by atoms with van der Waals surface area (Å²) in [6.07, 6.45) is 2.98. The van der Waals surface area contributed by atoms with Gasteiger partial charge in [0.2, 0.25) is 0 Å². The van der Waals surface area contributed by atoms with Crippen LogP contribution in [0.3, 0.4) is 0 Å². The maximum Gasteiger partial charge on any atom is 0.117 e. The highest BCUT2D eigenvalue weighted by Crippen LogP contribution is 2.17. The monoisotopic (exact) mass is 301 g/mol. The first-order valence-corrected chi connectivity index (χ1v) is 7.11. The number of aliphatic hydroxyl groups excluding tert-OH is 1. The predicted octanol–water partition coefficient (Wildman–Crippen LogP) is 3.33. The van der Waals surface area contributed by atoms with Gasteiger partial charge in [-0.1, -0.05) is 36.4 Å². The second kappa shape index (κ2) is 7.61. The molecule has 0 radical (unpaired) electrons. The molecule has 0 saturated carbocycles. The number of aromatic hydroxyl groups is 1. The molecule has 0 saturated heterocycles. The molecule has 0 aliphatic heterocycles. The molecule has 2 rings (SSSR count). The summed E-state index contributed by atoms with van der Waals surface area (Å²) in [7, 11) is 1.82. The van der Waals surface area contributed by atoms with E-state index in [1.165, 1.54) is 0 Å². The quantitative estimate of drug-likeness (QED) is 0.804. The van der Waals surface area contributed by atoms with Crippen molar-refractivity contribution in [3.05, 3.63) is 59.7 Å². The molecule has 116 valence electrons. The summed E-state index contributed by atoms with van der Waals surface area (Å²) >= 11 is 0. The summed E-state index contributed by atoms with van der Waals surface area (Å²) in [5.74, 6) is 0.250. The van der Waals surface area contributed by atoms with E-state index in [1.54, 1.807) is 12.1 Å². The predicted molar refractivity (Wildman–Crippen MR) is 88.7 cm³/mol. The van der Waals surface area contributed by atoms with Crippen molar-refractivity contribution in [3.63, 3.8) is 0 Å². The lowest BCUT2D eigenvalue weighted by Crippen LogP contribution is -2.30. The van der Waals surface area contributed by atoms with Crippen LogP contribution in [-0.4, -0.2) is 36.6 Å². The summed E-state index contributed by atoms with van der Waals surface area (Å²) < 4.78 is 12.3. The highest BCUT2D eigenvalue weighted by atomic mass is 19.1. The molecule has 0 amide bonds. The molecule has 0 aliphatic rings. The molecular weight excluding hydrogens is 281 g/mol. The van der Waals surface area contributed by atoms with Crippen LogP contribution >= 0.6 is 0 Å². The van der Waals surface area contributed by atoms with Crippen molar-refractivity contribution in [3.8, 4) is 5.75 Å². The standard InChI is InChI=1S/C18H20FNO2/c1-20(13-18(22)12-19)16-8-4-14(5-9-16)2-3-15-6-10-17(21)11-7-15/h2-11,18,21-22H,12-13H2,1H3/b3-2+. The number of phenolic OH excluding ortho intramolecular Hbond substituents is 1. The van der Waals surface area contributed by atoms with E-state index in [4.69, 9.17) is 0 Å². The SMILES string of the molecule is CN(CC(O)CF)c1ccc(/C=C/c2ccc(O)cc2)cc1. The molecule has 2 N–H and O–H groups in total. The molecule has 0 heterocycles. The van der Waals surface area contributed by atoms with Crippen molar-refractivity contribution in [1.82, 2.24) is 0 Å². The largest absolute Gasteiger partial charge is 0.508 e. The Balaban J connectivity index is 2.01. The van der Waals surface area contributed by atoms with Crippen LogP contribution in [-0.2, 0) is 0 Å².